The predicted octanol–water partition coefficient (Wildman–Crippen LogP) is 7.75. The lowest BCUT2D eigenvalue weighted by molar-refractivity contribution is 0.139. The first-order valence-corrected chi connectivity index (χ1v) is 12.7. The average molecular weight is 504 g/mol. The van der Waals surface area contributed by atoms with Gasteiger partial charge < -0.3 is 4.57 Å². The third-order valence-corrected chi connectivity index (χ3v) is 7.56. The van der Waals surface area contributed by atoms with Crippen molar-refractivity contribution in [2.45, 2.75) is 32.9 Å². The monoisotopic (exact) mass is 503 g/mol. The Morgan fingerprint density at radius 3 is 2.41 bits per heavy atom. The van der Waals surface area contributed by atoms with Gasteiger partial charge in [-0.2, -0.15) is 8.78 Å². The van der Waals surface area contributed by atoms with Gasteiger partial charge in [0.05, 0.1) is 0 Å². The third kappa shape index (κ3) is 5.03. The molecule has 0 bridgehead atoms. The van der Waals surface area contributed by atoms with E-state index in [1.54, 1.807) is 18.2 Å². The summed E-state index contributed by atoms with van der Waals surface area (Å²) in [7, 11) is 1.98. The number of hydrogen-bond acceptors (Lipinski definition) is 2. The fraction of sp³-hybridized carbons (Fsp3) is 0.290. The van der Waals surface area contributed by atoms with Crippen molar-refractivity contribution in [3.8, 4) is 11.1 Å². The number of anilines is 1. The van der Waals surface area contributed by atoms with E-state index >= 15 is 0 Å². The molecule has 0 N–H and O–H groups in total. The summed E-state index contributed by atoms with van der Waals surface area (Å²) in [4.78, 5) is 3.47. The van der Waals surface area contributed by atoms with Gasteiger partial charge in [-0.3, -0.25) is 9.80 Å². The van der Waals surface area contributed by atoms with Gasteiger partial charge >= 0.3 is 6.55 Å². The zero-order chi connectivity index (χ0) is 26.1. The Labute approximate surface area is 216 Å². The van der Waals surface area contributed by atoms with E-state index in [2.05, 4.69) is 29.7 Å². The van der Waals surface area contributed by atoms with Crippen LogP contribution in [-0.2, 0) is 13.6 Å². The van der Waals surface area contributed by atoms with Gasteiger partial charge in [-0.15, -0.1) is 0 Å². The van der Waals surface area contributed by atoms with E-state index in [4.69, 9.17) is 0 Å². The topological polar surface area (TPSA) is 11.4 Å². The van der Waals surface area contributed by atoms with Crippen LogP contribution < -0.4 is 4.90 Å². The number of hydrogen-bond donors (Lipinski definition) is 0. The maximum Gasteiger partial charge on any atom is 0.319 e. The second-order valence-electron chi connectivity index (χ2n) is 9.96. The number of aryl methyl sites for hydroxylation is 2. The van der Waals surface area contributed by atoms with Crippen LogP contribution in [-0.4, -0.2) is 29.1 Å². The lowest BCUT2D eigenvalue weighted by Gasteiger charge is -2.37. The maximum atomic E-state index is 14.4. The number of alkyl halides is 2. The highest BCUT2D eigenvalue weighted by Crippen LogP contribution is 2.35. The first-order chi connectivity index (χ1) is 17.8. The van der Waals surface area contributed by atoms with Crippen LogP contribution in [0.15, 0.2) is 85.2 Å². The highest BCUT2D eigenvalue weighted by molar-refractivity contribution is 5.96. The van der Waals surface area contributed by atoms with Gasteiger partial charge in [0, 0.05) is 59.1 Å². The van der Waals surface area contributed by atoms with Gasteiger partial charge in [0.25, 0.3) is 0 Å². The van der Waals surface area contributed by atoms with Crippen LogP contribution in [0.4, 0.5) is 18.9 Å². The van der Waals surface area contributed by atoms with Crippen molar-refractivity contribution in [1.82, 2.24) is 9.47 Å². The quantitative estimate of drug-likeness (QED) is 0.239. The summed E-state index contributed by atoms with van der Waals surface area (Å²) < 4.78 is 44.6. The van der Waals surface area contributed by atoms with Crippen molar-refractivity contribution in [2.24, 2.45) is 13.0 Å². The van der Waals surface area contributed by atoms with Gasteiger partial charge in [-0.1, -0.05) is 55.1 Å². The summed E-state index contributed by atoms with van der Waals surface area (Å²) >= 11 is 0. The minimum absolute atomic E-state index is 0.0172. The van der Waals surface area contributed by atoms with Crippen molar-refractivity contribution < 1.29 is 13.2 Å². The molecule has 1 saturated heterocycles. The number of rotatable bonds is 7. The zero-order valence-electron chi connectivity index (χ0n) is 21.3. The second kappa shape index (κ2) is 10.5. The Balaban J connectivity index is 1.27. The molecular formula is C31H32F3N3. The molecule has 0 aliphatic carbocycles. The van der Waals surface area contributed by atoms with E-state index in [0.29, 0.717) is 16.9 Å². The van der Waals surface area contributed by atoms with Crippen molar-refractivity contribution in [3.63, 3.8) is 0 Å². The second-order valence-corrected chi connectivity index (χ2v) is 9.96. The third-order valence-electron chi connectivity index (χ3n) is 7.56. The van der Waals surface area contributed by atoms with Crippen LogP contribution in [0.3, 0.4) is 0 Å². The molecule has 6 heteroatoms. The van der Waals surface area contributed by atoms with Crippen LogP contribution in [0, 0.1) is 18.7 Å². The van der Waals surface area contributed by atoms with E-state index < -0.39 is 6.55 Å². The summed E-state index contributed by atoms with van der Waals surface area (Å²) in [5, 5.41) is 1.02. The van der Waals surface area contributed by atoms with Gasteiger partial charge in [-0.25, -0.2) is 4.39 Å². The molecule has 0 amide bonds. The van der Waals surface area contributed by atoms with E-state index in [1.807, 2.05) is 49.0 Å². The summed E-state index contributed by atoms with van der Waals surface area (Å²) in [6, 6.07) is 20.4. The fourth-order valence-corrected chi connectivity index (χ4v) is 5.52. The van der Waals surface area contributed by atoms with Crippen molar-refractivity contribution in [2.75, 3.05) is 18.0 Å². The molecule has 3 aromatic carbocycles. The number of piperidine rings is 1. The molecule has 5 rings (SSSR count). The number of allylic oxidation sites excluding steroid dienone is 1. The minimum Gasteiger partial charge on any atom is -0.350 e. The van der Waals surface area contributed by atoms with Crippen LogP contribution >= 0.6 is 0 Å². The molecule has 192 valence electrons. The molecule has 1 aromatic heterocycles. The Hall–Kier alpha value is -3.51. The summed E-state index contributed by atoms with van der Waals surface area (Å²) in [5.74, 6) is -0.208. The van der Waals surface area contributed by atoms with E-state index in [-0.39, 0.29) is 11.7 Å². The lowest BCUT2D eigenvalue weighted by atomic mass is 9.92. The predicted molar refractivity (Wildman–Crippen MR) is 145 cm³/mol. The smallest absolute Gasteiger partial charge is 0.319 e. The van der Waals surface area contributed by atoms with Crippen LogP contribution in [0.1, 0.15) is 24.0 Å². The molecule has 4 aromatic rings. The Kier molecular flexibility index (Phi) is 7.11. The largest absolute Gasteiger partial charge is 0.350 e. The Morgan fingerprint density at radius 2 is 1.70 bits per heavy atom. The standard InChI is InChI=1S/C31H32F3N3/c1-21-8-4-7-11-29(21)37(31(33)34)22(2)24-14-16-36(17-15-24)19-23-12-13-26-27(20-35(3)30(26)18-23)25-9-5-6-10-28(25)32/h4-13,18,20,24,31H,2,14-17,19H2,1,3H3. The van der Waals surface area contributed by atoms with Crippen LogP contribution in [0.2, 0.25) is 0 Å². The normalized spacial score (nSPS) is 15.0. The van der Waals surface area contributed by atoms with Crippen molar-refractivity contribution in [1.29, 1.82) is 0 Å². The molecule has 2 heterocycles. The minimum atomic E-state index is -2.63. The van der Waals surface area contributed by atoms with Gasteiger partial charge in [-0.05, 0) is 62.2 Å². The number of likely N-dealkylation sites (tertiary alicyclic amines) is 1. The number of halogens is 3. The number of aromatic nitrogens is 1. The molecule has 0 spiro atoms. The highest BCUT2D eigenvalue weighted by atomic mass is 19.3. The summed E-state index contributed by atoms with van der Waals surface area (Å²) in [5.41, 5.74) is 5.57. The Morgan fingerprint density at radius 1 is 1.00 bits per heavy atom. The van der Waals surface area contributed by atoms with E-state index in [9.17, 15) is 13.2 Å². The van der Waals surface area contributed by atoms with Crippen LogP contribution in [0.25, 0.3) is 22.0 Å². The average Bonchev–Trinajstić information content (AvgIpc) is 3.21. The molecule has 1 aliphatic rings. The molecule has 1 fully saturated rings. The fourth-order valence-electron chi connectivity index (χ4n) is 5.52. The molecule has 37 heavy (non-hydrogen) atoms. The SMILES string of the molecule is C=C(C1CCN(Cc2ccc3c(-c4ccccc4F)cn(C)c3c2)CC1)N(c1ccccc1C)C(F)F. The zero-order valence-corrected chi connectivity index (χ0v) is 21.3. The van der Waals surface area contributed by atoms with E-state index in [1.165, 1.54) is 11.6 Å². The van der Waals surface area contributed by atoms with Gasteiger partial charge in [0.1, 0.15) is 5.82 Å². The van der Waals surface area contributed by atoms with Gasteiger partial charge in [0.2, 0.25) is 0 Å². The highest BCUT2D eigenvalue weighted by Gasteiger charge is 2.29. The first kappa shape index (κ1) is 25.2. The van der Waals surface area contributed by atoms with Crippen LogP contribution in [0.5, 0.6) is 0 Å². The number of fused-ring (bicyclic) bond motifs is 1. The molecule has 0 saturated carbocycles. The molecule has 0 atom stereocenters. The number of para-hydroxylation sites is 1. The molecule has 3 nitrogen and oxygen atoms in total. The molecule has 0 radical (unpaired) electrons. The number of benzene rings is 3. The lowest BCUT2D eigenvalue weighted by Crippen LogP contribution is -2.38. The van der Waals surface area contributed by atoms with Crippen molar-refractivity contribution in [3.05, 3.63) is 102 Å². The van der Waals surface area contributed by atoms with Crippen molar-refractivity contribution >= 4 is 16.6 Å². The summed E-state index contributed by atoms with van der Waals surface area (Å²) in [6.45, 7) is 5.75. The first-order valence-electron chi connectivity index (χ1n) is 12.7. The van der Waals surface area contributed by atoms with Gasteiger partial charge in [0.15, 0.2) is 0 Å². The summed E-state index contributed by atoms with van der Waals surface area (Å²) in [6.07, 6.45) is 3.56. The van der Waals surface area contributed by atoms with E-state index in [0.717, 1.165) is 59.4 Å². The molecular weight excluding hydrogens is 471 g/mol. The molecule has 1 aliphatic heterocycles. The maximum absolute atomic E-state index is 14.4. The Bertz CT molecular complexity index is 1420. The molecule has 0 unspecified atom stereocenters. The number of nitrogens with zero attached hydrogens (tertiary/aromatic N) is 3.